The van der Waals surface area contributed by atoms with E-state index in [4.69, 9.17) is 0 Å². The summed E-state index contributed by atoms with van der Waals surface area (Å²) in [6, 6.07) is 19.9. The SMILES string of the molecule is Cn1c2c(c3ccccc31)[C@@H](c1ccccc1)[C@@H]1C=C[C@H]2C1. The standard InChI is InChI=1S/C21H19N/c1-22-18-10-6-5-9-17(18)20-19(14-7-3-2-4-8-14)15-11-12-16(13-15)21(20)22/h2-12,15-16,19H,13H2,1H3/t15-,16+,19+/m1/s1. The summed E-state index contributed by atoms with van der Waals surface area (Å²) in [7, 11) is 2.23. The number of hydrogen-bond acceptors (Lipinski definition) is 0. The van der Waals surface area contributed by atoms with E-state index in [0.717, 1.165) is 0 Å². The summed E-state index contributed by atoms with van der Waals surface area (Å²) in [5, 5.41) is 1.44. The molecule has 2 aromatic carbocycles. The molecule has 2 aliphatic rings. The second-order valence-electron chi connectivity index (χ2n) is 6.65. The molecule has 5 rings (SSSR count). The van der Waals surface area contributed by atoms with Gasteiger partial charge < -0.3 is 4.57 Å². The van der Waals surface area contributed by atoms with Crippen LogP contribution in [0.3, 0.4) is 0 Å². The molecule has 3 aromatic rings. The van der Waals surface area contributed by atoms with E-state index in [9.17, 15) is 0 Å². The van der Waals surface area contributed by atoms with E-state index in [1.807, 2.05) is 0 Å². The van der Waals surface area contributed by atoms with Crippen molar-refractivity contribution in [3.63, 3.8) is 0 Å². The van der Waals surface area contributed by atoms with Crippen molar-refractivity contribution in [3.05, 3.63) is 83.6 Å². The monoisotopic (exact) mass is 285 g/mol. The average molecular weight is 285 g/mol. The number of fused-ring (bicyclic) bond motifs is 6. The van der Waals surface area contributed by atoms with Gasteiger partial charge in [0.25, 0.3) is 0 Å². The Kier molecular flexibility index (Phi) is 2.43. The fourth-order valence-corrected chi connectivity index (χ4v) is 4.68. The molecule has 1 heteroatoms. The molecule has 0 saturated heterocycles. The lowest BCUT2D eigenvalue weighted by atomic mass is 9.73. The topological polar surface area (TPSA) is 4.93 Å². The molecule has 0 unspecified atom stereocenters. The van der Waals surface area contributed by atoms with Crippen molar-refractivity contribution in [3.8, 4) is 0 Å². The minimum atomic E-state index is 0.497. The van der Waals surface area contributed by atoms with Gasteiger partial charge in [-0.2, -0.15) is 0 Å². The van der Waals surface area contributed by atoms with Crippen LogP contribution in [0.1, 0.15) is 35.1 Å². The van der Waals surface area contributed by atoms with Gasteiger partial charge in [0, 0.05) is 35.5 Å². The number of nitrogens with zero attached hydrogens (tertiary/aromatic N) is 1. The summed E-state index contributed by atoms with van der Waals surface area (Å²) in [6.07, 6.45) is 6.15. The molecule has 0 aliphatic heterocycles. The zero-order valence-corrected chi connectivity index (χ0v) is 12.7. The van der Waals surface area contributed by atoms with Crippen molar-refractivity contribution >= 4 is 10.9 Å². The molecule has 1 nitrogen and oxygen atoms in total. The fourth-order valence-electron chi connectivity index (χ4n) is 4.68. The van der Waals surface area contributed by atoms with Gasteiger partial charge >= 0.3 is 0 Å². The first-order valence-electron chi connectivity index (χ1n) is 8.15. The molecule has 22 heavy (non-hydrogen) atoms. The first-order chi connectivity index (χ1) is 10.8. The molecule has 1 heterocycles. The molecule has 1 aromatic heterocycles. The highest BCUT2D eigenvalue weighted by atomic mass is 15.0. The highest BCUT2D eigenvalue weighted by Crippen LogP contribution is 2.53. The van der Waals surface area contributed by atoms with Crippen molar-refractivity contribution in [2.75, 3.05) is 0 Å². The summed E-state index contributed by atoms with van der Waals surface area (Å²) in [6.45, 7) is 0. The minimum absolute atomic E-state index is 0.497. The smallest absolute Gasteiger partial charge is 0.0483 e. The van der Waals surface area contributed by atoms with Gasteiger partial charge in [-0.15, -0.1) is 0 Å². The summed E-state index contributed by atoms with van der Waals surface area (Å²) in [5.74, 6) is 1.74. The number of aryl methyl sites for hydroxylation is 1. The highest BCUT2D eigenvalue weighted by molar-refractivity contribution is 5.87. The van der Waals surface area contributed by atoms with Gasteiger partial charge in [-0.25, -0.2) is 0 Å². The maximum absolute atomic E-state index is 2.46. The zero-order valence-electron chi connectivity index (χ0n) is 12.7. The van der Waals surface area contributed by atoms with Crippen molar-refractivity contribution < 1.29 is 0 Å². The van der Waals surface area contributed by atoms with Crippen LogP contribution in [-0.2, 0) is 7.05 Å². The quantitative estimate of drug-likeness (QED) is 0.555. The lowest BCUT2D eigenvalue weighted by molar-refractivity contribution is 0.486. The summed E-state index contributed by atoms with van der Waals surface area (Å²) < 4.78 is 2.43. The second-order valence-corrected chi connectivity index (χ2v) is 6.65. The van der Waals surface area contributed by atoms with Gasteiger partial charge in [0.05, 0.1) is 0 Å². The van der Waals surface area contributed by atoms with Gasteiger partial charge in [-0.3, -0.25) is 0 Å². The van der Waals surface area contributed by atoms with Gasteiger partial charge in [-0.05, 0) is 29.5 Å². The Hall–Kier alpha value is -2.28. The highest BCUT2D eigenvalue weighted by Gasteiger charge is 2.40. The Morgan fingerprint density at radius 2 is 1.68 bits per heavy atom. The van der Waals surface area contributed by atoms with Crippen LogP contribution in [-0.4, -0.2) is 4.57 Å². The molecular weight excluding hydrogens is 266 g/mol. The number of allylic oxidation sites excluding steroid dienone is 2. The van der Waals surface area contributed by atoms with Gasteiger partial charge in [0.1, 0.15) is 0 Å². The molecule has 0 radical (unpaired) electrons. The molecule has 2 bridgehead atoms. The lowest BCUT2D eigenvalue weighted by Gasteiger charge is -2.31. The second kappa shape index (κ2) is 4.36. The van der Waals surface area contributed by atoms with Crippen LogP contribution >= 0.6 is 0 Å². The van der Waals surface area contributed by atoms with Crippen LogP contribution in [0.2, 0.25) is 0 Å². The number of hydrogen-bond donors (Lipinski definition) is 0. The third kappa shape index (κ3) is 1.49. The first-order valence-corrected chi connectivity index (χ1v) is 8.15. The summed E-state index contributed by atoms with van der Waals surface area (Å²) in [5.41, 5.74) is 5.92. The Balaban J connectivity index is 1.87. The summed E-state index contributed by atoms with van der Waals surface area (Å²) in [4.78, 5) is 0. The third-order valence-corrected chi connectivity index (χ3v) is 5.56. The molecule has 2 aliphatic carbocycles. The van der Waals surface area contributed by atoms with E-state index in [2.05, 4.69) is 78.4 Å². The normalized spacial score (nSPS) is 25.6. The van der Waals surface area contributed by atoms with Crippen LogP contribution in [0.15, 0.2) is 66.7 Å². The van der Waals surface area contributed by atoms with Gasteiger partial charge in [0.15, 0.2) is 0 Å². The zero-order chi connectivity index (χ0) is 14.7. The molecule has 3 atom stereocenters. The Morgan fingerprint density at radius 3 is 2.55 bits per heavy atom. The summed E-state index contributed by atoms with van der Waals surface area (Å²) >= 11 is 0. The van der Waals surface area contributed by atoms with Gasteiger partial charge in [-0.1, -0.05) is 60.7 Å². The van der Waals surface area contributed by atoms with E-state index < -0.39 is 0 Å². The van der Waals surface area contributed by atoms with E-state index in [1.54, 1.807) is 5.56 Å². The number of para-hydroxylation sites is 1. The van der Waals surface area contributed by atoms with Crippen LogP contribution in [0.4, 0.5) is 0 Å². The predicted molar refractivity (Wildman–Crippen MR) is 91.2 cm³/mol. The Labute approximate surface area is 130 Å². The molecule has 0 fully saturated rings. The Bertz CT molecular complexity index is 885. The van der Waals surface area contributed by atoms with E-state index >= 15 is 0 Å². The van der Waals surface area contributed by atoms with Crippen molar-refractivity contribution in [1.82, 2.24) is 4.57 Å². The molecular formula is C21H19N. The largest absolute Gasteiger partial charge is 0.347 e. The molecule has 0 amide bonds. The van der Waals surface area contributed by atoms with E-state index in [-0.39, 0.29) is 0 Å². The number of benzene rings is 2. The van der Waals surface area contributed by atoms with Crippen LogP contribution in [0.5, 0.6) is 0 Å². The maximum Gasteiger partial charge on any atom is 0.0483 e. The van der Waals surface area contributed by atoms with E-state index in [1.165, 1.54) is 28.6 Å². The van der Waals surface area contributed by atoms with Crippen molar-refractivity contribution in [1.29, 1.82) is 0 Å². The van der Waals surface area contributed by atoms with Crippen molar-refractivity contribution in [2.24, 2.45) is 13.0 Å². The van der Waals surface area contributed by atoms with Gasteiger partial charge in [0.2, 0.25) is 0 Å². The lowest BCUT2D eigenvalue weighted by Crippen LogP contribution is -2.20. The maximum atomic E-state index is 2.46. The van der Waals surface area contributed by atoms with Crippen LogP contribution in [0.25, 0.3) is 10.9 Å². The predicted octanol–water partition coefficient (Wildman–Crippen LogP) is 4.98. The van der Waals surface area contributed by atoms with E-state index in [0.29, 0.717) is 17.8 Å². The fraction of sp³-hybridized carbons (Fsp3) is 0.238. The molecule has 108 valence electrons. The molecule has 0 N–H and O–H groups in total. The van der Waals surface area contributed by atoms with Crippen LogP contribution in [0, 0.1) is 5.92 Å². The third-order valence-electron chi connectivity index (χ3n) is 5.56. The number of aromatic nitrogens is 1. The number of rotatable bonds is 1. The molecule has 0 saturated carbocycles. The minimum Gasteiger partial charge on any atom is -0.347 e. The van der Waals surface area contributed by atoms with Crippen molar-refractivity contribution in [2.45, 2.75) is 18.3 Å². The van der Waals surface area contributed by atoms with Crippen LogP contribution < -0.4 is 0 Å². The first kappa shape index (κ1) is 12.3. The Morgan fingerprint density at radius 1 is 0.909 bits per heavy atom. The average Bonchev–Trinajstić information content (AvgIpc) is 3.11. The molecule has 0 spiro atoms.